The predicted octanol–water partition coefficient (Wildman–Crippen LogP) is 3.65. The third-order valence-corrected chi connectivity index (χ3v) is 4.77. The molecule has 2 aromatic heterocycles. The summed E-state index contributed by atoms with van der Waals surface area (Å²) in [5.41, 5.74) is 3.57. The van der Waals surface area contributed by atoms with Gasteiger partial charge in [0.25, 0.3) is 0 Å². The van der Waals surface area contributed by atoms with Crippen molar-refractivity contribution in [3.8, 4) is 11.5 Å². The summed E-state index contributed by atoms with van der Waals surface area (Å²) in [4.78, 5) is 26.9. The first-order valence-corrected chi connectivity index (χ1v) is 10.4. The van der Waals surface area contributed by atoms with Crippen molar-refractivity contribution in [1.29, 1.82) is 0 Å². The van der Waals surface area contributed by atoms with Gasteiger partial charge in [-0.3, -0.25) is 15.0 Å². The van der Waals surface area contributed by atoms with Gasteiger partial charge in [-0.15, -0.1) is 0 Å². The zero-order valence-electron chi connectivity index (χ0n) is 17.7. The number of carbonyl (C=O) groups is 1. The van der Waals surface area contributed by atoms with Gasteiger partial charge in [-0.2, -0.15) is 0 Å². The molecule has 0 aliphatic heterocycles. The van der Waals surface area contributed by atoms with E-state index in [1.165, 1.54) is 5.56 Å². The van der Waals surface area contributed by atoms with Gasteiger partial charge in [-0.1, -0.05) is 42.8 Å². The van der Waals surface area contributed by atoms with Crippen LogP contribution in [0, 0.1) is 0 Å². The highest BCUT2D eigenvalue weighted by atomic mass is 16.5. The molecule has 0 aliphatic carbocycles. The van der Waals surface area contributed by atoms with Crippen molar-refractivity contribution in [3.05, 3.63) is 66.4 Å². The summed E-state index contributed by atoms with van der Waals surface area (Å²) in [6, 6.07) is 17.9. The quantitative estimate of drug-likeness (QED) is 0.247. The van der Waals surface area contributed by atoms with Gasteiger partial charge in [-0.05, 0) is 30.5 Å². The number of unbranched alkanes of at least 4 members (excludes halogenated alkanes) is 2. The molecule has 0 spiro atoms. The van der Waals surface area contributed by atoms with E-state index in [-0.39, 0.29) is 5.91 Å². The number of hydroxylamine groups is 1. The highest BCUT2D eigenvalue weighted by molar-refractivity contribution is 5.74. The van der Waals surface area contributed by atoms with Gasteiger partial charge in [0.05, 0.1) is 0 Å². The Labute approximate surface area is 182 Å². The number of amides is 1. The van der Waals surface area contributed by atoms with E-state index >= 15 is 0 Å². The molecule has 0 aliphatic rings. The molecule has 8 nitrogen and oxygen atoms in total. The molecular formula is C23H28N6O2. The van der Waals surface area contributed by atoms with Gasteiger partial charge in [0.1, 0.15) is 17.3 Å². The third kappa shape index (κ3) is 7.04. The molecule has 8 heteroatoms. The van der Waals surface area contributed by atoms with Crippen LogP contribution in [0.4, 0.5) is 11.6 Å². The summed E-state index contributed by atoms with van der Waals surface area (Å²) in [6.45, 7) is 1.45. The second-order valence-electron chi connectivity index (χ2n) is 7.26. The fraction of sp³-hybridized carbons (Fsp3) is 0.304. The lowest BCUT2D eigenvalue weighted by atomic mass is 10.2. The van der Waals surface area contributed by atoms with E-state index < -0.39 is 0 Å². The maximum atomic E-state index is 11.1. The predicted molar refractivity (Wildman–Crippen MR) is 121 cm³/mol. The van der Waals surface area contributed by atoms with Gasteiger partial charge < -0.3 is 10.2 Å². The van der Waals surface area contributed by atoms with Gasteiger partial charge in [0.2, 0.25) is 5.91 Å². The first-order valence-electron chi connectivity index (χ1n) is 10.4. The fourth-order valence-electron chi connectivity index (χ4n) is 3.13. The molecule has 0 fully saturated rings. The second kappa shape index (κ2) is 11.6. The number of pyridine rings is 1. The van der Waals surface area contributed by atoms with Crippen LogP contribution in [0.3, 0.4) is 0 Å². The lowest BCUT2D eigenvalue weighted by molar-refractivity contribution is -0.129. The topological polar surface area (TPSA) is 103 Å². The van der Waals surface area contributed by atoms with Crippen molar-refractivity contribution < 1.29 is 10.0 Å². The van der Waals surface area contributed by atoms with Gasteiger partial charge >= 0.3 is 0 Å². The highest BCUT2D eigenvalue weighted by Gasteiger charge is 2.11. The SMILES string of the molecule is CN(Cc1ccccc1)c1cc(NCCCCCC(=O)NO)nc(-c2ccccn2)n1. The monoisotopic (exact) mass is 420 g/mol. The molecule has 31 heavy (non-hydrogen) atoms. The van der Waals surface area contributed by atoms with Crippen molar-refractivity contribution in [3.63, 3.8) is 0 Å². The minimum Gasteiger partial charge on any atom is -0.370 e. The minimum atomic E-state index is -0.352. The largest absolute Gasteiger partial charge is 0.370 e. The van der Waals surface area contributed by atoms with Crippen LogP contribution in [0.1, 0.15) is 31.2 Å². The molecule has 0 saturated heterocycles. The number of nitrogens with one attached hydrogen (secondary N) is 2. The standard InChI is InChI=1S/C23H28N6O2/c1-29(17-18-10-4-2-5-11-18)21-16-20(25-15-8-3-6-13-22(30)28-31)26-23(27-21)19-12-7-9-14-24-19/h2,4-5,7,9-12,14,16,31H,3,6,8,13,15,17H2,1H3,(H,28,30)(H,25,26,27). The third-order valence-electron chi connectivity index (χ3n) is 4.77. The van der Waals surface area contributed by atoms with Crippen LogP contribution in [0.2, 0.25) is 0 Å². The summed E-state index contributed by atoms with van der Waals surface area (Å²) in [7, 11) is 2.01. The van der Waals surface area contributed by atoms with E-state index in [0.717, 1.165) is 49.7 Å². The van der Waals surface area contributed by atoms with Crippen molar-refractivity contribution >= 4 is 17.5 Å². The van der Waals surface area contributed by atoms with Crippen molar-refractivity contribution in [2.75, 3.05) is 23.8 Å². The molecule has 0 bridgehead atoms. The summed E-state index contributed by atoms with van der Waals surface area (Å²) < 4.78 is 0. The van der Waals surface area contributed by atoms with E-state index in [2.05, 4.69) is 32.3 Å². The minimum absolute atomic E-state index is 0.322. The first-order chi connectivity index (χ1) is 15.2. The van der Waals surface area contributed by atoms with Crippen LogP contribution in [0.5, 0.6) is 0 Å². The van der Waals surface area contributed by atoms with Crippen LogP contribution in [0.15, 0.2) is 60.8 Å². The summed E-state index contributed by atoms with van der Waals surface area (Å²) in [5.74, 6) is 1.76. The van der Waals surface area contributed by atoms with Gasteiger partial charge in [-0.25, -0.2) is 15.4 Å². The number of carbonyl (C=O) groups excluding carboxylic acids is 1. The number of rotatable bonds is 11. The molecule has 1 aromatic carbocycles. The molecule has 0 radical (unpaired) electrons. The molecule has 0 atom stereocenters. The van der Waals surface area contributed by atoms with E-state index in [1.807, 2.05) is 49.5 Å². The van der Waals surface area contributed by atoms with Gasteiger partial charge in [0.15, 0.2) is 5.82 Å². The fourth-order valence-corrected chi connectivity index (χ4v) is 3.13. The zero-order chi connectivity index (χ0) is 21.9. The Balaban J connectivity index is 1.69. The van der Waals surface area contributed by atoms with Crippen molar-refractivity contribution in [2.24, 2.45) is 0 Å². The Morgan fingerprint density at radius 2 is 1.84 bits per heavy atom. The Kier molecular flexibility index (Phi) is 8.30. The molecule has 0 unspecified atom stereocenters. The second-order valence-corrected chi connectivity index (χ2v) is 7.26. The van der Waals surface area contributed by atoms with Crippen LogP contribution >= 0.6 is 0 Å². The Morgan fingerprint density at radius 3 is 2.58 bits per heavy atom. The van der Waals surface area contributed by atoms with Crippen LogP contribution in [0.25, 0.3) is 11.5 Å². The lowest BCUT2D eigenvalue weighted by Crippen LogP contribution is -2.19. The Morgan fingerprint density at radius 1 is 1.03 bits per heavy atom. The summed E-state index contributed by atoms with van der Waals surface area (Å²) in [5, 5.41) is 11.9. The van der Waals surface area contributed by atoms with Crippen molar-refractivity contribution in [2.45, 2.75) is 32.2 Å². The Hall–Kier alpha value is -3.52. The summed E-state index contributed by atoms with van der Waals surface area (Å²) >= 11 is 0. The lowest BCUT2D eigenvalue weighted by Gasteiger charge is -2.20. The number of nitrogens with zero attached hydrogens (tertiary/aromatic N) is 4. The van der Waals surface area contributed by atoms with E-state index in [0.29, 0.717) is 12.2 Å². The maximum Gasteiger partial charge on any atom is 0.243 e. The van der Waals surface area contributed by atoms with Crippen LogP contribution in [-0.2, 0) is 11.3 Å². The van der Waals surface area contributed by atoms with E-state index in [9.17, 15) is 4.79 Å². The molecule has 2 heterocycles. The average molecular weight is 421 g/mol. The zero-order valence-corrected chi connectivity index (χ0v) is 17.7. The molecule has 0 saturated carbocycles. The number of hydrogen-bond acceptors (Lipinski definition) is 7. The Bertz CT molecular complexity index is 953. The number of aromatic nitrogens is 3. The number of benzene rings is 1. The van der Waals surface area contributed by atoms with E-state index in [4.69, 9.17) is 10.2 Å². The molecule has 162 valence electrons. The molecule has 3 N–H and O–H groups in total. The van der Waals surface area contributed by atoms with Crippen LogP contribution < -0.4 is 15.7 Å². The number of anilines is 2. The molecule has 3 rings (SSSR count). The average Bonchev–Trinajstić information content (AvgIpc) is 2.82. The molecular weight excluding hydrogens is 392 g/mol. The first kappa shape index (κ1) is 22.2. The van der Waals surface area contributed by atoms with Crippen LogP contribution in [-0.4, -0.2) is 39.7 Å². The molecule has 1 amide bonds. The smallest absolute Gasteiger partial charge is 0.243 e. The summed E-state index contributed by atoms with van der Waals surface area (Å²) in [6.07, 6.45) is 4.54. The van der Waals surface area contributed by atoms with Gasteiger partial charge in [0, 0.05) is 38.8 Å². The maximum absolute atomic E-state index is 11.1. The normalized spacial score (nSPS) is 10.5. The highest BCUT2D eigenvalue weighted by Crippen LogP contribution is 2.22. The van der Waals surface area contributed by atoms with E-state index in [1.54, 1.807) is 11.7 Å². The molecule has 3 aromatic rings. The van der Waals surface area contributed by atoms with Crippen molar-refractivity contribution in [1.82, 2.24) is 20.4 Å². The number of hydrogen-bond donors (Lipinski definition) is 3.